The van der Waals surface area contributed by atoms with Crippen molar-refractivity contribution in [2.45, 2.75) is 39.1 Å². The summed E-state index contributed by atoms with van der Waals surface area (Å²) in [4.78, 5) is 11.9. The van der Waals surface area contributed by atoms with Crippen LogP contribution < -0.4 is 0 Å². The molecule has 8 heteroatoms. The molecule has 0 aliphatic carbocycles. The third-order valence-electron chi connectivity index (χ3n) is 2.74. The predicted octanol–water partition coefficient (Wildman–Crippen LogP) is 4.00. The molecule has 0 amide bonds. The second-order valence-electron chi connectivity index (χ2n) is 5.73. The molecule has 2 rings (SSSR count). The van der Waals surface area contributed by atoms with Crippen LogP contribution in [0.5, 0.6) is 0 Å². The van der Waals surface area contributed by atoms with E-state index in [1.54, 1.807) is 43.4 Å². The minimum Gasteiger partial charge on any atom is -0.459 e. The Bertz CT molecular complexity index is 717. The van der Waals surface area contributed by atoms with Gasteiger partial charge in [0.15, 0.2) is 0 Å². The van der Waals surface area contributed by atoms with Crippen molar-refractivity contribution in [3.8, 4) is 0 Å². The number of fused-ring (bicyclic) bond motifs is 1. The third kappa shape index (κ3) is 3.71. The Kier molecular flexibility index (Phi) is 4.42. The number of aromatic nitrogens is 2. The van der Waals surface area contributed by atoms with Crippen LogP contribution in [0.25, 0.3) is 10.9 Å². The molecule has 0 bridgehead atoms. The third-order valence-corrected chi connectivity index (χ3v) is 3.49. The number of alkyl halides is 3. The Hall–Kier alpha value is -1.32. The molecule has 1 heterocycles. The van der Waals surface area contributed by atoms with E-state index < -0.39 is 23.3 Å². The molecule has 0 atom stereocenters. The molecule has 1 aromatic carbocycles. The zero-order valence-electron chi connectivity index (χ0n) is 12.2. The molecule has 2 aromatic rings. The Morgan fingerprint density at radius 2 is 1.95 bits per heavy atom. The van der Waals surface area contributed by atoms with Crippen LogP contribution in [0.15, 0.2) is 18.2 Å². The second-order valence-corrected chi connectivity index (χ2v) is 6.75. The van der Waals surface area contributed by atoms with E-state index in [0.29, 0.717) is 0 Å². The summed E-state index contributed by atoms with van der Waals surface area (Å²) in [6.45, 7) is 4.92. The molecule has 0 saturated carbocycles. The monoisotopic (exact) mass is 426 g/mol. The normalized spacial score (nSPS) is 12.7. The van der Waals surface area contributed by atoms with Crippen LogP contribution in [-0.2, 0) is 22.3 Å². The van der Waals surface area contributed by atoms with E-state index in [1.807, 2.05) is 0 Å². The van der Waals surface area contributed by atoms with Gasteiger partial charge >= 0.3 is 12.1 Å². The van der Waals surface area contributed by atoms with Gasteiger partial charge in [0, 0.05) is 5.39 Å². The van der Waals surface area contributed by atoms with Crippen LogP contribution in [0, 0.1) is 3.70 Å². The van der Waals surface area contributed by atoms with E-state index in [1.165, 1.54) is 16.8 Å². The van der Waals surface area contributed by atoms with Crippen molar-refractivity contribution in [3.05, 3.63) is 27.5 Å². The fraction of sp³-hybridized carbons (Fsp3) is 0.429. The summed E-state index contributed by atoms with van der Waals surface area (Å²) in [5.74, 6) is -0.550. The quantitative estimate of drug-likeness (QED) is 0.539. The number of benzene rings is 1. The van der Waals surface area contributed by atoms with Gasteiger partial charge in [0.2, 0.25) is 0 Å². The molecule has 1 aromatic heterocycles. The molecule has 0 fully saturated rings. The number of hydrogen-bond donors (Lipinski definition) is 0. The average Bonchev–Trinajstić information content (AvgIpc) is 2.63. The van der Waals surface area contributed by atoms with Gasteiger partial charge in [-0.2, -0.15) is 18.3 Å². The van der Waals surface area contributed by atoms with Gasteiger partial charge in [-0.15, -0.1) is 0 Å². The minimum atomic E-state index is -4.47. The summed E-state index contributed by atoms with van der Waals surface area (Å²) in [6.07, 6.45) is -4.47. The first-order chi connectivity index (χ1) is 9.99. The summed E-state index contributed by atoms with van der Waals surface area (Å²) in [6, 6.07) is 3.81. The van der Waals surface area contributed by atoms with Crippen molar-refractivity contribution in [1.82, 2.24) is 9.78 Å². The number of esters is 1. The van der Waals surface area contributed by atoms with Gasteiger partial charge in [-0.1, -0.05) is 6.07 Å². The number of rotatable bonds is 2. The predicted molar refractivity (Wildman–Crippen MR) is 83.3 cm³/mol. The maximum atomic E-state index is 13.1. The highest BCUT2D eigenvalue weighted by Crippen LogP contribution is 2.36. The summed E-state index contributed by atoms with van der Waals surface area (Å²) in [5.41, 5.74) is -1.17. The highest BCUT2D eigenvalue weighted by molar-refractivity contribution is 14.1. The van der Waals surface area contributed by atoms with Crippen molar-refractivity contribution < 1.29 is 22.7 Å². The molecule has 22 heavy (non-hydrogen) atoms. The zero-order valence-corrected chi connectivity index (χ0v) is 14.3. The molecule has 0 spiro atoms. The van der Waals surface area contributed by atoms with Gasteiger partial charge in [0.1, 0.15) is 15.8 Å². The van der Waals surface area contributed by atoms with Crippen LogP contribution in [0.1, 0.15) is 26.3 Å². The largest absolute Gasteiger partial charge is 0.459 e. The topological polar surface area (TPSA) is 44.1 Å². The van der Waals surface area contributed by atoms with Crippen molar-refractivity contribution in [2.75, 3.05) is 0 Å². The lowest BCUT2D eigenvalue weighted by Crippen LogP contribution is -2.26. The van der Waals surface area contributed by atoms with Gasteiger partial charge in [-0.05, 0) is 55.5 Å². The van der Waals surface area contributed by atoms with Crippen LogP contribution in [-0.4, -0.2) is 21.4 Å². The van der Waals surface area contributed by atoms with Crippen LogP contribution in [0.4, 0.5) is 13.2 Å². The molecule has 0 aliphatic heterocycles. The molecular weight excluding hydrogens is 412 g/mol. The van der Waals surface area contributed by atoms with E-state index in [9.17, 15) is 18.0 Å². The summed E-state index contributed by atoms with van der Waals surface area (Å²) < 4.78 is 45.8. The first kappa shape index (κ1) is 17.0. The van der Waals surface area contributed by atoms with Crippen molar-refractivity contribution in [1.29, 1.82) is 0 Å². The summed E-state index contributed by atoms with van der Waals surface area (Å²) in [7, 11) is 0. The first-order valence-electron chi connectivity index (χ1n) is 6.43. The first-order valence-corrected chi connectivity index (χ1v) is 7.51. The molecule has 0 unspecified atom stereocenters. The molecule has 0 aliphatic rings. The van der Waals surface area contributed by atoms with Crippen molar-refractivity contribution in [3.63, 3.8) is 0 Å². The lowest BCUT2D eigenvalue weighted by atomic mass is 10.1. The fourth-order valence-electron chi connectivity index (χ4n) is 2.03. The van der Waals surface area contributed by atoms with E-state index in [0.717, 1.165) is 6.07 Å². The van der Waals surface area contributed by atoms with Crippen molar-refractivity contribution in [2.24, 2.45) is 0 Å². The number of carbonyl (C=O) groups is 1. The fourth-order valence-corrected chi connectivity index (χ4v) is 2.86. The maximum Gasteiger partial charge on any atom is 0.417 e. The van der Waals surface area contributed by atoms with E-state index in [2.05, 4.69) is 5.10 Å². The highest BCUT2D eigenvalue weighted by Gasteiger charge is 2.34. The molecule has 0 N–H and O–H groups in total. The van der Waals surface area contributed by atoms with Crippen LogP contribution in [0.2, 0.25) is 0 Å². The van der Waals surface area contributed by atoms with E-state index in [-0.39, 0.29) is 21.1 Å². The number of carbonyl (C=O) groups excluding carboxylic acids is 1. The standard InChI is InChI=1S/C14H14F3IN2O2/c1-13(2,3)22-10(21)7-20-9-6-4-5-8(14(15,16)17)11(9)12(18)19-20/h4-6H,7H2,1-3H3. The molecule has 4 nitrogen and oxygen atoms in total. The van der Waals surface area contributed by atoms with Crippen LogP contribution in [0.3, 0.4) is 0 Å². The lowest BCUT2D eigenvalue weighted by Gasteiger charge is -2.19. The minimum absolute atomic E-state index is 0.000779. The summed E-state index contributed by atoms with van der Waals surface area (Å²) in [5, 5.41) is 4.04. The molecule has 120 valence electrons. The number of ether oxygens (including phenoxy) is 1. The van der Waals surface area contributed by atoms with Crippen molar-refractivity contribution >= 4 is 39.5 Å². The zero-order chi connectivity index (χ0) is 16.7. The number of hydrogen-bond acceptors (Lipinski definition) is 3. The Labute approximate surface area is 138 Å². The Morgan fingerprint density at radius 1 is 1.32 bits per heavy atom. The van der Waals surface area contributed by atoms with Gasteiger partial charge in [-0.3, -0.25) is 9.48 Å². The number of nitrogens with zero attached hydrogens (tertiary/aromatic N) is 2. The van der Waals surface area contributed by atoms with E-state index in [4.69, 9.17) is 4.74 Å². The lowest BCUT2D eigenvalue weighted by molar-refractivity contribution is -0.155. The van der Waals surface area contributed by atoms with Gasteiger partial charge in [0.25, 0.3) is 0 Å². The Morgan fingerprint density at radius 3 is 2.50 bits per heavy atom. The molecular formula is C14H14F3IN2O2. The highest BCUT2D eigenvalue weighted by atomic mass is 127. The van der Waals surface area contributed by atoms with Gasteiger partial charge < -0.3 is 4.74 Å². The second kappa shape index (κ2) is 5.71. The smallest absolute Gasteiger partial charge is 0.417 e. The molecule has 0 radical (unpaired) electrons. The van der Waals surface area contributed by atoms with Gasteiger partial charge in [0.05, 0.1) is 11.1 Å². The molecule has 0 saturated heterocycles. The van der Waals surface area contributed by atoms with E-state index >= 15 is 0 Å². The van der Waals surface area contributed by atoms with Crippen LogP contribution >= 0.6 is 22.6 Å². The Balaban J connectivity index is 2.44. The average molecular weight is 426 g/mol. The van der Waals surface area contributed by atoms with Gasteiger partial charge in [-0.25, -0.2) is 0 Å². The maximum absolute atomic E-state index is 13.1. The SMILES string of the molecule is CC(C)(C)OC(=O)Cn1nc(I)c2c(C(F)(F)F)cccc21. The number of halogens is 4. The summed E-state index contributed by atoms with van der Waals surface area (Å²) >= 11 is 1.74.